The summed E-state index contributed by atoms with van der Waals surface area (Å²) >= 11 is 0. The van der Waals surface area contributed by atoms with Crippen molar-refractivity contribution in [3.63, 3.8) is 0 Å². The summed E-state index contributed by atoms with van der Waals surface area (Å²) in [5, 5.41) is 0. The highest BCUT2D eigenvalue weighted by atomic mass is 16.5. The van der Waals surface area contributed by atoms with Crippen molar-refractivity contribution in [3.8, 4) is 11.5 Å². The average Bonchev–Trinajstić information content (AvgIpc) is 2.53. The second-order valence-electron chi connectivity index (χ2n) is 7.32. The van der Waals surface area contributed by atoms with E-state index in [1.54, 1.807) is 19.1 Å². The number of fused-ring (bicyclic) bond motifs is 3. The molecule has 1 fully saturated rings. The summed E-state index contributed by atoms with van der Waals surface area (Å²) in [6.45, 7) is 6.50. The predicted octanol–water partition coefficient (Wildman–Crippen LogP) is 1.82. The molecule has 0 spiro atoms. The number of piperidine rings is 1. The fourth-order valence-electron chi connectivity index (χ4n) is 4.25. The highest BCUT2D eigenvalue weighted by Crippen LogP contribution is 2.36. The average molecular weight is 318 g/mol. The van der Waals surface area contributed by atoms with Crippen molar-refractivity contribution >= 4 is 5.78 Å². The van der Waals surface area contributed by atoms with E-state index in [0.29, 0.717) is 18.1 Å². The van der Waals surface area contributed by atoms with E-state index in [0.717, 1.165) is 37.4 Å². The van der Waals surface area contributed by atoms with Gasteiger partial charge < -0.3 is 14.4 Å². The molecule has 0 saturated carbocycles. The van der Waals surface area contributed by atoms with Gasteiger partial charge in [0.2, 0.25) is 0 Å². The van der Waals surface area contributed by atoms with Crippen LogP contribution < -0.4 is 14.4 Å². The van der Waals surface area contributed by atoms with Crippen LogP contribution >= 0.6 is 0 Å². The zero-order chi connectivity index (χ0) is 16.6. The highest BCUT2D eigenvalue weighted by Gasteiger charge is 2.41. The first-order chi connectivity index (χ1) is 11.0. The molecular weight excluding hydrogens is 290 g/mol. The van der Waals surface area contributed by atoms with Gasteiger partial charge in [-0.25, -0.2) is 0 Å². The lowest BCUT2D eigenvalue weighted by Gasteiger charge is -2.40. The van der Waals surface area contributed by atoms with E-state index in [1.807, 2.05) is 0 Å². The summed E-state index contributed by atoms with van der Waals surface area (Å²) in [5.41, 5.74) is 2.59. The Bertz CT molecular complexity index is 597. The summed E-state index contributed by atoms with van der Waals surface area (Å²) in [6, 6.07) is 4.47. The minimum Gasteiger partial charge on any atom is -0.493 e. The number of hydrogen-bond donors (Lipinski definition) is 1. The largest absolute Gasteiger partial charge is 0.493 e. The second kappa shape index (κ2) is 6.52. The van der Waals surface area contributed by atoms with Crippen LogP contribution in [0.25, 0.3) is 0 Å². The van der Waals surface area contributed by atoms with Gasteiger partial charge in [0.25, 0.3) is 0 Å². The van der Waals surface area contributed by atoms with Crippen LogP contribution in [-0.4, -0.2) is 33.1 Å². The summed E-state index contributed by atoms with van der Waals surface area (Å²) in [4.78, 5) is 14.2. The first-order valence-corrected chi connectivity index (χ1v) is 8.65. The third-order valence-corrected chi connectivity index (χ3v) is 5.35. The third kappa shape index (κ3) is 3.09. The molecule has 3 atom stereocenters. The van der Waals surface area contributed by atoms with Gasteiger partial charge in [0, 0.05) is 12.0 Å². The van der Waals surface area contributed by atoms with Crippen molar-refractivity contribution in [2.75, 3.05) is 27.3 Å². The molecule has 2 aliphatic heterocycles. The molecule has 0 aliphatic carbocycles. The summed E-state index contributed by atoms with van der Waals surface area (Å²) in [5.74, 6) is 2.82. The summed E-state index contributed by atoms with van der Waals surface area (Å²) < 4.78 is 10.9. The SMILES string of the molecule is COc1cc2c(cc1OC)[C@@H]1CC(=O)[C@@H](CC(C)C)C[NH+]1CC2. The molecule has 0 bridgehead atoms. The van der Waals surface area contributed by atoms with Crippen LogP contribution in [0.3, 0.4) is 0 Å². The number of carbonyl (C=O) groups excluding carboxylic acids is 1. The van der Waals surface area contributed by atoms with Crippen molar-refractivity contribution in [1.82, 2.24) is 0 Å². The van der Waals surface area contributed by atoms with E-state index >= 15 is 0 Å². The monoisotopic (exact) mass is 318 g/mol. The van der Waals surface area contributed by atoms with Gasteiger partial charge in [0.1, 0.15) is 11.8 Å². The fourth-order valence-corrected chi connectivity index (χ4v) is 4.25. The molecule has 126 valence electrons. The Morgan fingerprint density at radius 2 is 1.91 bits per heavy atom. The molecule has 2 heterocycles. The normalized spacial score (nSPS) is 26.7. The van der Waals surface area contributed by atoms with Gasteiger partial charge in [-0.05, 0) is 30.0 Å². The Hall–Kier alpha value is -1.55. The van der Waals surface area contributed by atoms with E-state index in [2.05, 4.69) is 26.0 Å². The van der Waals surface area contributed by atoms with E-state index in [-0.39, 0.29) is 12.0 Å². The zero-order valence-corrected chi connectivity index (χ0v) is 14.6. The molecule has 4 nitrogen and oxygen atoms in total. The molecule has 23 heavy (non-hydrogen) atoms. The molecule has 1 saturated heterocycles. The van der Waals surface area contributed by atoms with Gasteiger partial charge >= 0.3 is 0 Å². The van der Waals surface area contributed by atoms with E-state index < -0.39 is 0 Å². The van der Waals surface area contributed by atoms with Crippen LogP contribution in [0.15, 0.2) is 12.1 Å². The molecule has 1 aromatic carbocycles. The fraction of sp³-hybridized carbons (Fsp3) is 0.632. The molecule has 1 aromatic rings. The van der Waals surface area contributed by atoms with E-state index in [1.165, 1.54) is 11.1 Å². The maximum Gasteiger partial charge on any atom is 0.161 e. The van der Waals surface area contributed by atoms with Gasteiger partial charge in [0.15, 0.2) is 11.5 Å². The first-order valence-electron chi connectivity index (χ1n) is 8.65. The molecule has 0 amide bonds. The third-order valence-electron chi connectivity index (χ3n) is 5.35. The predicted molar refractivity (Wildman–Crippen MR) is 89.3 cm³/mol. The number of ether oxygens (including phenoxy) is 2. The Kier molecular flexibility index (Phi) is 4.62. The van der Waals surface area contributed by atoms with Crippen molar-refractivity contribution in [1.29, 1.82) is 0 Å². The minimum atomic E-state index is 0.239. The number of benzene rings is 1. The lowest BCUT2D eigenvalue weighted by atomic mass is 9.80. The van der Waals surface area contributed by atoms with Crippen molar-refractivity contribution in [2.24, 2.45) is 11.8 Å². The maximum absolute atomic E-state index is 12.6. The Labute approximate surface area is 138 Å². The van der Waals surface area contributed by atoms with Gasteiger partial charge in [0.05, 0.1) is 39.6 Å². The molecule has 2 aliphatic rings. The Morgan fingerprint density at radius 3 is 2.57 bits per heavy atom. The molecule has 1 N–H and O–H groups in total. The topological polar surface area (TPSA) is 40.0 Å². The highest BCUT2D eigenvalue weighted by molar-refractivity contribution is 5.82. The van der Waals surface area contributed by atoms with Crippen molar-refractivity contribution in [2.45, 2.75) is 39.2 Å². The van der Waals surface area contributed by atoms with Gasteiger partial charge in [-0.15, -0.1) is 0 Å². The van der Waals surface area contributed by atoms with Gasteiger partial charge in [-0.3, -0.25) is 4.79 Å². The number of rotatable bonds is 4. The molecule has 4 heteroatoms. The van der Waals surface area contributed by atoms with Crippen LogP contribution in [0.1, 0.15) is 43.9 Å². The van der Waals surface area contributed by atoms with Crippen molar-refractivity contribution < 1.29 is 19.2 Å². The van der Waals surface area contributed by atoms with Crippen LogP contribution in [0, 0.1) is 11.8 Å². The smallest absolute Gasteiger partial charge is 0.161 e. The summed E-state index contributed by atoms with van der Waals surface area (Å²) in [6.07, 6.45) is 2.73. The van der Waals surface area contributed by atoms with Crippen molar-refractivity contribution in [3.05, 3.63) is 23.3 Å². The Balaban J connectivity index is 1.89. The van der Waals surface area contributed by atoms with E-state index in [9.17, 15) is 4.79 Å². The second-order valence-corrected chi connectivity index (χ2v) is 7.32. The maximum atomic E-state index is 12.6. The van der Waals surface area contributed by atoms with Crippen LogP contribution in [0.5, 0.6) is 11.5 Å². The standard InChI is InChI=1S/C19H27NO3/c1-12(2)7-14-11-20-6-5-13-8-18(22-3)19(23-4)9-15(13)16(20)10-17(14)21/h8-9,12,14,16H,5-7,10-11H2,1-4H3/p+1/t14-,16-/m0/s1. The molecular formula is C19H28NO3+. The number of Topliss-reactive ketones (excluding diaryl/α,β-unsaturated/α-hetero) is 1. The van der Waals surface area contributed by atoms with Gasteiger partial charge in [-0.1, -0.05) is 13.8 Å². The first kappa shape index (κ1) is 16.3. The van der Waals surface area contributed by atoms with Crippen LogP contribution in [0.4, 0.5) is 0 Å². The quantitative estimate of drug-likeness (QED) is 0.920. The number of quaternary nitrogens is 1. The number of carbonyl (C=O) groups is 1. The molecule has 1 unspecified atom stereocenters. The molecule has 0 aromatic heterocycles. The number of nitrogens with one attached hydrogen (secondary N) is 1. The van der Waals surface area contributed by atoms with E-state index in [4.69, 9.17) is 9.47 Å². The zero-order valence-electron chi connectivity index (χ0n) is 14.6. The van der Waals surface area contributed by atoms with Crippen LogP contribution in [0.2, 0.25) is 0 Å². The molecule has 0 radical (unpaired) electrons. The van der Waals surface area contributed by atoms with Gasteiger partial charge in [-0.2, -0.15) is 0 Å². The minimum absolute atomic E-state index is 0.239. The summed E-state index contributed by atoms with van der Waals surface area (Å²) in [7, 11) is 3.34. The number of ketones is 1. The Morgan fingerprint density at radius 1 is 1.22 bits per heavy atom. The molecule has 3 rings (SSSR count). The lowest BCUT2D eigenvalue weighted by molar-refractivity contribution is -0.938. The lowest BCUT2D eigenvalue weighted by Crippen LogP contribution is -3.15. The number of methoxy groups -OCH3 is 2. The number of hydrogen-bond acceptors (Lipinski definition) is 3. The van der Waals surface area contributed by atoms with Crippen LogP contribution in [-0.2, 0) is 11.2 Å².